The molecule has 0 saturated carbocycles. The first-order chi connectivity index (χ1) is 17.0. The molecule has 1 unspecified atom stereocenters. The highest BCUT2D eigenvalue weighted by molar-refractivity contribution is 6.18. The van der Waals surface area contributed by atoms with E-state index in [4.69, 9.17) is 18.9 Å². The van der Waals surface area contributed by atoms with Crippen LogP contribution in [0.25, 0.3) is 16.5 Å². The van der Waals surface area contributed by atoms with Crippen molar-refractivity contribution in [2.75, 3.05) is 20.0 Å². The van der Waals surface area contributed by atoms with E-state index in [0.717, 1.165) is 16.5 Å². The van der Waals surface area contributed by atoms with Gasteiger partial charge in [0, 0.05) is 29.1 Å². The summed E-state index contributed by atoms with van der Waals surface area (Å²) in [4.78, 5) is 44.5. The van der Waals surface area contributed by atoms with Crippen molar-refractivity contribution in [3.05, 3.63) is 65.5 Å². The monoisotopic (exact) mass is 476 g/mol. The van der Waals surface area contributed by atoms with E-state index in [1.165, 1.54) is 11.1 Å². The minimum absolute atomic E-state index is 0.0662. The number of para-hydroxylation sites is 1. The molecular weight excluding hydrogens is 452 g/mol. The van der Waals surface area contributed by atoms with Gasteiger partial charge in [0.25, 0.3) is 5.91 Å². The summed E-state index contributed by atoms with van der Waals surface area (Å²) in [6.45, 7) is 3.78. The first-order valence-electron chi connectivity index (χ1n) is 11.4. The van der Waals surface area contributed by atoms with Crippen molar-refractivity contribution in [3.8, 4) is 11.5 Å². The summed E-state index contributed by atoms with van der Waals surface area (Å²) in [6.07, 6.45) is 1.53. The molecule has 0 aliphatic carbocycles. The van der Waals surface area contributed by atoms with E-state index in [2.05, 4.69) is 4.98 Å². The average molecular weight is 476 g/mol. The van der Waals surface area contributed by atoms with Crippen LogP contribution in [-0.2, 0) is 25.5 Å². The largest absolute Gasteiger partial charge is 0.464 e. The van der Waals surface area contributed by atoms with Crippen LogP contribution in [0.15, 0.2) is 48.7 Å². The maximum absolute atomic E-state index is 13.7. The maximum atomic E-state index is 13.7. The number of hydrogen-bond donors (Lipinski definition) is 1. The summed E-state index contributed by atoms with van der Waals surface area (Å²) in [7, 11) is 0. The van der Waals surface area contributed by atoms with E-state index in [0.29, 0.717) is 17.2 Å². The zero-order valence-electron chi connectivity index (χ0n) is 19.3. The number of amides is 1. The number of aromatic amines is 1. The van der Waals surface area contributed by atoms with Crippen molar-refractivity contribution in [3.63, 3.8) is 0 Å². The lowest BCUT2D eigenvalue weighted by Crippen LogP contribution is -2.43. The van der Waals surface area contributed by atoms with E-state index in [1.54, 1.807) is 32.0 Å². The number of nitrogens with zero attached hydrogens (tertiary/aromatic N) is 1. The standard InChI is InChI=1S/C26H24N2O7/c1-3-32-25(30)18-13-28(24(29)15-9-10-21-22(11-15)35-14-34-21)20(26(31)33-4-2)12-17-16-7-5-6-8-19(16)27-23(17)18/h5-11,13,20,27H,3-4,12,14H2,1-2H3. The number of hydrogen-bond acceptors (Lipinski definition) is 7. The van der Waals surface area contributed by atoms with Gasteiger partial charge in [0.05, 0.1) is 24.5 Å². The Morgan fingerprint density at radius 2 is 1.80 bits per heavy atom. The molecule has 1 amide bonds. The van der Waals surface area contributed by atoms with E-state index < -0.39 is 23.9 Å². The molecule has 1 atom stereocenters. The number of ether oxygens (including phenoxy) is 4. The van der Waals surface area contributed by atoms with Gasteiger partial charge in [0.2, 0.25) is 6.79 Å². The maximum Gasteiger partial charge on any atom is 0.341 e. The van der Waals surface area contributed by atoms with Crippen LogP contribution in [-0.4, -0.2) is 53.8 Å². The van der Waals surface area contributed by atoms with Gasteiger partial charge in [-0.2, -0.15) is 0 Å². The Bertz CT molecular complexity index is 1360. The predicted molar refractivity (Wildman–Crippen MR) is 126 cm³/mol. The molecular formula is C26H24N2O7. The van der Waals surface area contributed by atoms with E-state index in [1.807, 2.05) is 24.3 Å². The first kappa shape index (κ1) is 22.5. The summed E-state index contributed by atoms with van der Waals surface area (Å²) in [5.74, 6) is -0.696. The summed E-state index contributed by atoms with van der Waals surface area (Å²) >= 11 is 0. The Balaban J connectivity index is 1.67. The molecule has 0 saturated heterocycles. The van der Waals surface area contributed by atoms with E-state index in [9.17, 15) is 14.4 Å². The molecule has 180 valence electrons. The normalized spacial score (nSPS) is 16.3. The molecule has 0 radical (unpaired) electrons. The topological polar surface area (TPSA) is 107 Å². The fraction of sp³-hybridized carbons (Fsp3) is 0.269. The van der Waals surface area contributed by atoms with Crippen molar-refractivity contribution in [2.45, 2.75) is 26.3 Å². The van der Waals surface area contributed by atoms with Crippen LogP contribution in [0.3, 0.4) is 0 Å². The number of benzene rings is 2. The third-order valence-corrected chi connectivity index (χ3v) is 5.99. The quantitative estimate of drug-likeness (QED) is 0.562. The lowest BCUT2D eigenvalue weighted by molar-refractivity contribution is -0.147. The van der Waals surface area contributed by atoms with Crippen LogP contribution in [0.1, 0.15) is 35.5 Å². The molecule has 0 bridgehead atoms. The highest BCUT2D eigenvalue weighted by Crippen LogP contribution is 2.36. The van der Waals surface area contributed by atoms with Gasteiger partial charge in [0.15, 0.2) is 11.5 Å². The Morgan fingerprint density at radius 3 is 2.60 bits per heavy atom. The molecule has 1 aromatic heterocycles. The molecule has 0 fully saturated rings. The number of fused-ring (bicyclic) bond motifs is 4. The fourth-order valence-corrected chi connectivity index (χ4v) is 4.41. The van der Waals surface area contributed by atoms with Gasteiger partial charge < -0.3 is 23.9 Å². The summed E-state index contributed by atoms with van der Waals surface area (Å²) in [6, 6.07) is 11.3. The van der Waals surface area contributed by atoms with Gasteiger partial charge in [-0.05, 0) is 43.7 Å². The van der Waals surface area contributed by atoms with Crippen molar-refractivity contribution in [1.29, 1.82) is 0 Å². The molecule has 2 aliphatic heterocycles. The molecule has 9 nitrogen and oxygen atoms in total. The van der Waals surface area contributed by atoms with Crippen LogP contribution < -0.4 is 9.47 Å². The zero-order chi connectivity index (χ0) is 24.5. The van der Waals surface area contributed by atoms with E-state index >= 15 is 0 Å². The number of rotatable bonds is 5. The number of H-pyrrole nitrogens is 1. The Kier molecular flexibility index (Phi) is 5.90. The Morgan fingerprint density at radius 1 is 1.03 bits per heavy atom. The molecule has 3 aromatic rings. The minimum atomic E-state index is -1.00. The van der Waals surface area contributed by atoms with Crippen LogP contribution >= 0.6 is 0 Å². The second-order valence-corrected chi connectivity index (χ2v) is 8.04. The SMILES string of the molecule is CCOC(=O)C1=CN(C(=O)c2ccc3c(c2)OCO3)C(C(=O)OCC)Cc2c1[nH]c1ccccc21. The van der Waals surface area contributed by atoms with Gasteiger partial charge in [-0.15, -0.1) is 0 Å². The highest BCUT2D eigenvalue weighted by atomic mass is 16.7. The average Bonchev–Trinajstić information content (AvgIpc) is 3.43. The summed E-state index contributed by atoms with van der Waals surface area (Å²) in [5.41, 5.74) is 2.49. The van der Waals surface area contributed by atoms with Gasteiger partial charge in [0.1, 0.15) is 6.04 Å². The first-order valence-corrected chi connectivity index (χ1v) is 11.4. The molecule has 0 spiro atoms. The number of esters is 2. The molecule has 9 heteroatoms. The van der Waals surface area contributed by atoms with Gasteiger partial charge >= 0.3 is 11.9 Å². The summed E-state index contributed by atoms with van der Waals surface area (Å²) < 4.78 is 21.4. The van der Waals surface area contributed by atoms with Gasteiger partial charge in [-0.25, -0.2) is 9.59 Å². The predicted octanol–water partition coefficient (Wildman–Crippen LogP) is 3.43. The van der Waals surface area contributed by atoms with Gasteiger partial charge in [-0.1, -0.05) is 18.2 Å². The van der Waals surface area contributed by atoms with Crippen LogP contribution in [0.2, 0.25) is 0 Å². The van der Waals surface area contributed by atoms with E-state index in [-0.39, 0.29) is 37.6 Å². The van der Waals surface area contributed by atoms with Crippen molar-refractivity contribution >= 4 is 34.3 Å². The van der Waals surface area contributed by atoms with Crippen molar-refractivity contribution in [2.24, 2.45) is 0 Å². The smallest absolute Gasteiger partial charge is 0.341 e. The van der Waals surface area contributed by atoms with Crippen molar-refractivity contribution in [1.82, 2.24) is 9.88 Å². The minimum Gasteiger partial charge on any atom is -0.464 e. The lowest BCUT2D eigenvalue weighted by Gasteiger charge is -2.26. The Labute approximate surface area is 201 Å². The second-order valence-electron chi connectivity index (χ2n) is 8.04. The molecule has 1 N–H and O–H groups in total. The van der Waals surface area contributed by atoms with Gasteiger partial charge in [-0.3, -0.25) is 9.69 Å². The lowest BCUT2D eigenvalue weighted by atomic mass is 10.0. The molecule has 2 aromatic carbocycles. The van der Waals surface area contributed by atoms with Crippen molar-refractivity contribution < 1.29 is 33.3 Å². The highest BCUT2D eigenvalue weighted by Gasteiger charge is 2.38. The summed E-state index contributed by atoms with van der Waals surface area (Å²) in [5, 5.41) is 0.851. The van der Waals surface area contributed by atoms with Crippen LogP contribution in [0.5, 0.6) is 11.5 Å². The van der Waals surface area contributed by atoms with Crippen LogP contribution in [0.4, 0.5) is 0 Å². The second kappa shape index (κ2) is 9.17. The van der Waals surface area contributed by atoms with Crippen LogP contribution in [0, 0.1) is 0 Å². The molecule has 3 heterocycles. The Hall–Kier alpha value is -4.27. The fourth-order valence-electron chi connectivity index (χ4n) is 4.41. The number of nitrogens with one attached hydrogen (secondary N) is 1. The number of carbonyl (C=O) groups is 3. The molecule has 5 rings (SSSR count). The number of aromatic nitrogens is 1. The number of carbonyl (C=O) groups excluding carboxylic acids is 3. The third-order valence-electron chi connectivity index (χ3n) is 5.99. The zero-order valence-corrected chi connectivity index (χ0v) is 19.3. The molecule has 2 aliphatic rings. The third kappa shape index (κ3) is 3.99. The molecule has 35 heavy (non-hydrogen) atoms.